The predicted molar refractivity (Wildman–Crippen MR) is 94.9 cm³/mol. The molecular formula is C19H24ClNO2. The van der Waals surface area contributed by atoms with Crippen molar-refractivity contribution in [1.82, 2.24) is 5.32 Å². The SMILES string of the molecule is OCCCCCNCc1cc(Cl)ccc1OCc1ccccc1. The minimum Gasteiger partial charge on any atom is -0.489 e. The van der Waals surface area contributed by atoms with E-state index in [2.05, 4.69) is 17.4 Å². The molecule has 2 aromatic carbocycles. The van der Waals surface area contributed by atoms with Crippen LogP contribution < -0.4 is 10.1 Å². The van der Waals surface area contributed by atoms with Crippen molar-refractivity contribution >= 4 is 11.6 Å². The average molecular weight is 334 g/mol. The topological polar surface area (TPSA) is 41.5 Å². The van der Waals surface area contributed by atoms with Crippen LogP contribution in [0.2, 0.25) is 5.02 Å². The summed E-state index contributed by atoms with van der Waals surface area (Å²) < 4.78 is 5.94. The first-order valence-corrected chi connectivity index (χ1v) is 8.44. The molecule has 0 atom stereocenters. The molecular weight excluding hydrogens is 310 g/mol. The summed E-state index contributed by atoms with van der Waals surface area (Å²) in [5.41, 5.74) is 2.21. The van der Waals surface area contributed by atoms with Gasteiger partial charge in [-0.2, -0.15) is 0 Å². The number of hydrogen-bond donors (Lipinski definition) is 2. The summed E-state index contributed by atoms with van der Waals surface area (Å²) in [6.07, 6.45) is 2.96. The van der Waals surface area contributed by atoms with Crippen molar-refractivity contribution in [2.45, 2.75) is 32.4 Å². The second-order valence-corrected chi connectivity index (χ2v) is 5.92. The molecule has 0 aliphatic carbocycles. The lowest BCUT2D eigenvalue weighted by atomic mass is 10.2. The van der Waals surface area contributed by atoms with E-state index in [1.54, 1.807) is 0 Å². The van der Waals surface area contributed by atoms with Gasteiger partial charge in [-0.15, -0.1) is 0 Å². The standard InChI is InChI=1S/C19H24ClNO2/c20-18-9-10-19(23-15-16-7-3-1-4-8-16)17(13-18)14-21-11-5-2-6-12-22/h1,3-4,7-10,13,21-22H,2,5-6,11-12,14-15H2. The maximum atomic E-state index is 8.77. The van der Waals surface area contributed by atoms with Gasteiger partial charge < -0.3 is 15.2 Å². The Bertz CT molecular complexity index is 575. The fourth-order valence-electron chi connectivity index (χ4n) is 2.32. The van der Waals surface area contributed by atoms with E-state index in [1.165, 1.54) is 0 Å². The Kier molecular flexibility index (Phi) is 7.95. The molecule has 2 aromatic rings. The molecule has 23 heavy (non-hydrogen) atoms. The van der Waals surface area contributed by atoms with Crippen LogP contribution in [0.5, 0.6) is 5.75 Å². The Hall–Kier alpha value is -1.55. The Morgan fingerprint density at radius 3 is 2.61 bits per heavy atom. The summed E-state index contributed by atoms with van der Waals surface area (Å²) >= 11 is 6.10. The number of aliphatic hydroxyl groups is 1. The predicted octanol–water partition coefficient (Wildman–Crippen LogP) is 4.17. The van der Waals surface area contributed by atoms with Gasteiger partial charge in [0.1, 0.15) is 12.4 Å². The lowest BCUT2D eigenvalue weighted by molar-refractivity contribution is 0.282. The molecule has 0 radical (unpaired) electrons. The third-order valence-corrected chi connectivity index (χ3v) is 3.82. The molecule has 0 heterocycles. The molecule has 0 aliphatic rings. The molecule has 0 fully saturated rings. The molecule has 0 spiro atoms. The minimum atomic E-state index is 0.270. The molecule has 124 valence electrons. The molecule has 0 bridgehead atoms. The van der Waals surface area contributed by atoms with Crippen LogP contribution in [0.15, 0.2) is 48.5 Å². The highest BCUT2D eigenvalue weighted by Crippen LogP contribution is 2.23. The Morgan fingerprint density at radius 2 is 1.83 bits per heavy atom. The third-order valence-electron chi connectivity index (χ3n) is 3.59. The summed E-state index contributed by atoms with van der Waals surface area (Å²) in [6, 6.07) is 15.8. The highest BCUT2D eigenvalue weighted by atomic mass is 35.5. The van der Waals surface area contributed by atoms with Gasteiger partial charge in [0.2, 0.25) is 0 Å². The first-order chi connectivity index (χ1) is 11.3. The molecule has 0 saturated carbocycles. The van der Waals surface area contributed by atoms with E-state index in [4.69, 9.17) is 21.4 Å². The van der Waals surface area contributed by atoms with Gasteiger partial charge in [0, 0.05) is 23.7 Å². The number of benzene rings is 2. The van der Waals surface area contributed by atoms with Gasteiger partial charge in [0.25, 0.3) is 0 Å². The number of halogens is 1. The lowest BCUT2D eigenvalue weighted by Crippen LogP contribution is -2.15. The van der Waals surface area contributed by atoms with Crippen molar-refractivity contribution in [3.05, 3.63) is 64.7 Å². The van der Waals surface area contributed by atoms with Gasteiger partial charge in [0.05, 0.1) is 0 Å². The molecule has 2 N–H and O–H groups in total. The van der Waals surface area contributed by atoms with Crippen molar-refractivity contribution < 1.29 is 9.84 Å². The number of unbranched alkanes of at least 4 members (excludes halogenated alkanes) is 2. The van der Waals surface area contributed by atoms with Crippen LogP contribution in [0.3, 0.4) is 0 Å². The van der Waals surface area contributed by atoms with Gasteiger partial charge in [-0.05, 0) is 49.6 Å². The maximum Gasteiger partial charge on any atom is 0.124 e. The van der Waals surface area contributed by atoms with Crippen LogP contribution in [0.4, 0.5) is 0 Å². The van der Waals surface area contributed by atoms with Crippen LogP contribution in [-0.4, -0.2) is 18.3 Å². The van der Waals surface area contributed by atoms with E-state index in [0.717, 1.165) is 49.2 Å². The molecule has 0 saturated heterocycles. The molecule has 0 aliphatic heterocycles. The van der Waals surface area contributed by atoms with Crippen LogP contribution in [0.1, 0.15) is 30.4 Å². The molecule has 4 heteroatoms. The van der Waals surface area contributed by atoms with Gasteiger partial charge in [0.15, 0.2) is 0 Å². The second kappa shape index (κ2) is 10.3. The Balaban J connectivity index is 1.86. The highest BCUT2D eigenvalue weighted by molar-refractivity contribution is 6.30. The van der Waals surface area contributed by atoms with Gasteiger partial charge in [-0.1, -0.05) is 41.9 Å². The molecule has 3 nitrogen and oxygen atoms in total. The summed E-state index contributed by atoms with van der Waals surface area (Å²) in [5, 5.41) is 12.9. The van der Waals surface area contributed by atoms with Crippen LogP contribution in [0, 0.1) is 0 Å². The zero-order valence-corrected chi connectivity index (χ0v) is 14.1. The summed E-state index contributed by atoms with van der Waals surface area (Å²) in [4.78, 5) is 0. The first kappa shape index (κ1) is 17.8. The molecule has 2 rings (SSSR count). The van der Waals surface area contributed by atoms with E-state index in [9.17, 15) is 0 Å². The van der Waals surface area contributed by atoms with E-state index in [0.29, 0.717) is 11.6 Å². The number of aliphatic hydroxyl groups excluding tert-OH is 1. The molecule has 0 amide bonds. The Morgan fingerprint density at radius 1 is 1.00 bits per heavy atom. The van der Waals surface area contributed by atoms with Crippen molar-refractivity contribution in [1.29, 1.82) is 0 Å². The lowest BCUT2D eigenvalue weighted by Gasteiger charge is -2.13. The average Bonchev–Trinajstić information content (AvgIpc) is 2.58. The smallest absolute Gasteiger partial charge is 0.124 e. The van der Waals surface area contributed by atoms with Crippen molar-refractivity contribution in [2.24, 2.45) is 0 Å². The van der Waals surface area contributed by atoms with Crippen molar-refractivity contribution in [3.63, 3.8) is 0 Å². The second-order valence-electron chi connectivity index (χ2n) is 5.49. The largest absolute Gasteiger partial charge is 0.489 e. The summed E-state index contributed by atoms with van der Waals surface area (Å²) in [7, 11) is 0. The highest BCUT2D eigenvalue weighted by Gasteiger charge is 2.05. The molecule has 0 unspecified atom stereocenters. The van der Waals surface area contributed by atoms with Crippen molar-refractivity contribution in [3.8, 4) is 5.75 Å². The fourth-order valence-corrected chi connectivity index (χ4v) is 2.52. The zero-order chi connectivity index (χ0) is 16.3. The van der Waals surface area contributed by atoms with E-state index >= 15 is 0 Å². The minimum absolute atomic E-state index is 0.270. The normalized spacial score (nSPS) is 10.7. The van der Waals surface area contributed by atoms with Gasteiger partial charge in [-0.25, -0.2) is 0 Å². The molecule has 0 aromatic heterocycles. The summed E-state index contributed by atoms with van der Waals surface area (Å²) in [5.74, 6) is 0.862. The maximum absolute atomic E-state index is 8.77. The number of nitrogens with one attached hydrogen (secondary N) is 1. The van der Waals surface area contributed by atoms with Gasteiger partial charge in [-0.3, -0.25) is 0 Å². The number of ether oxygens (including phenoxy) is 1. The quantitative estimate of drug-likeness (QED) is 0.641. The number of hydrogen-bond acceptors (Lipinski definition) is 3. The third kappa shape index (κ3) is 6.61. The fraction of sp³-hybridized carbons (Fsp3) is 0.368. The zero-order valence-electron chi connectivity index (χ0n) is 13.3. The van der Waals surface area contributed by atoms with Crippen molar-refractivity contribution in [2.75, 3.05) is 13.2 Å². The number of rotatable bonds is 10. The van der Waals surface area contributed by atoms with E-state index < -0.39 is 0 Å². The van der Waals surface area contributed by atoms with E-state index in [-0.39, 0.29) is 6.61 Å². The Labute approximate surface area is 143 Å². The summed E-state index contributed by atoms with van der Waals surface area (Å²) in [6.45, 7) is 2.46. The van der Waals surface area contributed by atoms with Crippen LogP contribution in [-0.2, 0) is 13.2 Å². The van der Waals surface area contributed by atoms with E-state index in [1.807, 2.05) is 36.4 Å². The monoisotopic (exact) mass is 333 g/mol. The van der Waals surface area contributed by atoms with Gasteiger partial charge >= 0.3 is 0 Å². The van der Waals surface area contributed by atoms with Crippen LogP contribution in [0.25, 0.3) is 0 Å². The van der Waals surface area contributed by atoms with Crippen LogP contribution >= 0.6 is 11.6 Å². The first-order valence-electron chi connectivity index (χ1n) is 8.06.